The Morgan fingerprint density at radius 3 is 2.62 bits per heavy atom. The highest BCUT2D eigenvalue weighted by Crippen LogP contribution is 2.26. The number of rotatable bonds is 3. The van der Waals surface area contributed by atoms with Gasteiger partial charge in [-0.15, -0.1) is 0 Å². The Morgan fingerprint density at radius 2 is 2.00 bits per heavy atom. The van der Waals surface area contributed by atoms with Gasteiger partial charge in [-0.1, -0.05) is 18.2 Å². The third-order valence-corrected chi connectivity index (χ3v) is 2.32. The van der Waals surface area contributed by atoms with Crippen molar-refractivity contribution >= 4 is 22.7 Å². The average Bonchev–Trinajstić information content (AvgIpc) is 2.57. The molecule has 0 atom stereocenters. The second-order valence-corrected chi connectivity index (χ2v) is 3.59. The summed E-state index contributed by atoms with van der Waals surface area (Å²) in [6, 6.07) is 6.98. The number of carbonyl (C=O) groups is 2. The summed E-state index contributed by atoms with van der Waals surface area (Å²) in [7, 11) is 0. The fourth-order valence-electron chi connectivity index (χ4n) is 1.70. The van der Waals surface area contributed by atoms with E-state index in [1.807, 2.05) is 0 Å². The number of para-hydroxylation sites is 1. The molecule has 0 spiro atoms. The summed E-state index contributed by atoms with van der Waals surface area (Å²) in [5.41, 5.74) is 0.951. The molecule has 0 saturated carbocycles. The Kier molecular flexibility index (Phi) is 2.48. The summed E-state index contributed by atoms with van der Waals surface area (Å²) < 4.78 is 5.21. The minimum absolute atomic E-state index is 0.0820. The van der Waals surface area contributed by atoms with Crippen LogP contribution in [0.2, 0.25) is 0 Å². The second-order valence-electron chi connectivity index (χ2n) is 3.59. The van der Waals surface area contributed by atoms with Crippen molar-refractivity contribution < 1.29 is 19.1 Å². The van der Waals surface area contributed by atoms with Gasteiger partial charge in [0.2, 0.25) is 5.76 Å². The molecule has 0 unspecified atom stereocenters. The van der Waals surface area contributed by atoms with E-state index >= 15 is 0 Å². The first kappa shape index (κ1) is 10.4. The maximum Gasteiger partial charge on any atom is 0.372 e. The molecule has 2 aromatic rings. The van der Waals surface area contributed by atoms with E-state index in [0.29, 0.717) is 16.5 Å². The van der Waals surface area contributed by atoms with Gasteiger partial charge in [0, 0.05) is 17.4 Å². The SMILES string of the molecule is CC(=O)Cc1c(C(=O)O)oc2ccccc12. The van der Waals surface area contributed by atoms with Crippen LogP contribution in [0.3, 0.4) is 0 Å². The molecule has 0 aliphatic carbocycles. The molecule has 0 saturated heterocycles. The normalized spacial score (nSPS) is 10.6. The molecule has 4 nitrogen and oxygen atoms in total. The minimum atomic E-state index is -1.15. The Morgan fingerprint density at radius 1 is 1.31 bits per heavy atom. The van der Waals surface area contributed by atoms with Crippen molar-refractivity contribution in [2.45, 2.75) is 13.3 Å². The topological polar surface area (TPSA) is 67.5 Å². The zero-order chi connectivity index (χ0) is 11.7. The molecule has 1 N–H and O–H groups in total. The Hall–Kier alpha value is -2.10. The van der Waals surface area contributed by atoms with Crippen molar-refractivity contribution in [3.05, 3.63) is 35.6 Å². The van der Waals surface area contributed by atoms with Gasteiger partial charge in [0.25, 0.3) is 0 Å². The molecule has 0 amide bonds. The number of benzene rings is 1. The monoisotopic (exact) mass is 218 g/mol. The van der Waals surface area contributed by atoms with Crippen molar-refractivity contribution in [1.82, 2.24) is 0 Å². The third kappa shape index (κ3) is 1.69. The number of Topliss-reactive ketones (excluding diaryl/α,β-unsaturated/α-hetero) is 1. The summed E-state index contributed by atoms with van der Waals surface area (Å²) >= 11 is 0. The Bertz CT molecular complexity index is 565. The van der Waals surface area contributed by atoms with Crippen LogP contribution in [-0.2, 0) is 11.2 Å². The summed E-state index contributed by atoms with van der Waals surface area (Å²) in [6.07, 6.45) is 0.0820. The first-order valence-corrected chi connectivity index (χ1v) is 4.82. The van der Waals surface area contributed by atoms with Crippen LogP contribution in [0.25, 0.3) is 11.0 Å². The van der Waals surface area contributed by atoms with Crippen LogP contribution in [0.4, 0.5) is 0 Å². The smallest absolute Gasteiger partial charge is 0.372 e. The van der Waals surface area contributed by atoms with Crippen molar-refractivity contribution in [2.75, 3.05) is 0 Å². The maximum atomic E-state index is 11.1. The van der Waals surface area contributed by atoms with Gasteiger partial charge in [-0.3, -0.25) is 4.79 Å². The van der Waals surface area contributed by atoms with E-state index in [0.717, 1.165) is 0 Å². The lowest BCUT2D eigenvalue weighted by Gasteiger charge is -1.95. The summed E-state index contributed by atoms with van der Waals surface area (Å²) in [6.45, 7) is 1.42. The molecule has 1 heterocycles. The van der Waals surface area contributed by atoms with Crippen molar-refractivity contribution in [2.24, 2.45) is 0 Å². The van der Waals surface area contributed by atoms with Gasteiger partial charge in [0.15, 0.2) is 0 Å². The van der Waals surface area contributed by atoms with E-state index in [4.69, 9.17) is 9.52 Å². The zero-order valence-electron chi connectivity index (χ0n) is 8.69. The zero-order valence-corrected chi connectivity index (χ0v) is 8.69. The van der Waals surface area contributed by atoms with Gasteiger partial charge < -0.3 is 9.52 Å². The highest BCUT2D eigenvalue weighted by atomic mass is 16.4. The number of furan rings is 1. The number of carbonyl (C=O) groups excluding carboxylic acids is 1. The summed E-state index contributed by atoms with van der Waals surface area (Å²) in [4.78, 5) is 22.1. The van der Waals surface area contributed by atoms with Gasteiger partial charge in [-0.05, 0) is 13.0 Å². The number of hydrogen-bond donors (Lipinski definition) is 1. The molecule has 1 aromatic carbocycles. The van der Waals surface area contributed by atoms with Crippen LogP contribution in [-0.4, -0.2) is 16.9 Å². The van der Waals surface area contributed by atoms with Gasteiger partial charge >= 0.3 is 5.97 Å². The number of ketones is 1. The second kappa shape index (κ2) is 3.81. The average molecular weight is 218 g/mol. The van der Waals surface area contributed by atoms with E-state index in [2.05, 4.69) is 0 Å². The fourth-order valence-corrected chi connectivity index (χ4v) is 1.70. The molecule has 0 radical (unpaired) electrons. The summed E-state index contributed by atoms with van der Waals surface area (Å²) in [5, 5.41) is 9.66. The molecular weight excluding hydrogens is 208 g/mol. The van der Waals surface area contributed by atoms with Gasteiger partial charge in [-0.2, -0.15) is 0 Å². The summed E-state index contributed by atoms with van der Waals surface area (Å²) in [5.74, 6) is -1.38. The molecular formula is C12H10O4. The van der Waals surface area contributed by atoms with Gasteiger partial charge in [0.05, 0.1) is 0 Å². The van der Waals surface area contributed by atoms with Crippen LogP contribution >= 0.6 is 0 Å². The molecule has 1 aromatic heterocycles. The fraction of sp³-hybridized carbons (Fsp3) is 0.167. The van der Waals surface area contributed by atoms with Crippen molar-refractivity contribution in [1.29, 1.82) is 0 Å². The first-order valence-electron chi connectivity index (χ1n) is 4.82. The maximum absolute atomic E-state index is 11.1. The molecule has 0 aliphatic heterocycles. The molecule has 0 bridgehead atoms. The van der Waals surface area contributed by atoms with E-state index < -0.39 is 5.97 Å². The van der Waals surface area contributed by atoms with E-state index in [1.54, 1.807) is 24.3 Å². The van der Waals surface area contributed by atoms with Crippen LogP contribution < -0.4 is 0 Å². The lowest BCUT2D eigenvalue weighted by Crippen LogP contribution is -2.03. The predicted molar refractivity (Wildman–Crippen MR) is 57.6 cm³/mol. The quantitative estimate of drug-likeness (QED) is 0.857. The van der Waals surface area contributed by atoms with Crippen molar-refractivity contribution in [3.8, 4) is 0 Å². The highest BCUT2D eigenvalue weighted by Gasteiger charge is 2.20. The van der Waals surface area contributed by atoms with E-state index in [1.165, 1.54) is 6.92 Å². The highest BCUT2D eigenvalue weighted by molar-refractivity contribution is 5.97. The van der Waals surface area contributed by atoms with Gasteiger partial charge in [-0.25, -0.2) is 4.79 Å². The molecule has 2 rings (SSSR count). The van der Waals surface area contributed by atoms with Crippen molar-refractivity contribution in [3.63, 3.8) is 0 Å². The van der Waals surface area contributed by atoms with Gasteiger partial charge in [0.1, 0.15) is 11.4 Å². The molecule has 16 heavy (non-hydrogen) atoms. The molecule has 0 fully saturated rings. The number of carboxylic acid groups (broad SMARTS) is 1. The Labute approximate surface area is 91.5 Å². The molecule has 4 heteroatoms. The van der Waals surface area contributed by atoms with Crippen LogP contribution in [0.15, 0.2) is 28.7 Å². The largest absolute Gasteiger partial charge is 0.475 e. The molecule has 82 valence electrons. The third-order valence-electron chi connectivity index (χ3n) is 2.32. The number of hydrogen-bond acceptors (Lipinski definition) is 3. The number of fused-ring (bicyclic) bond motifs is 1. The number of aromatic carboxylic acids is 1. The lowest BCUT2D eigenvalue weighted by molar-refractivity contribution is -0.116. The Balaban J connectivity index is 2.69. The standard InChI is InChI=1S/C12H10O4/c1-7(13)6-9-8-4-2-3-5-10(8)16-11(9)12(14)15/h2-5H,6H2,1H3,(H,14,15). The van der Waals surface area contributed by atoms with Crippen LogP contribution in [0, 0.1) is 0 Å². The van der Waals surface area contributed by atoms with E-state index in [-0.39, 0.29) is 18.0 Å². The molecule has 0 aliphatic rings. The van der Waals surface area contributed by atoms with Crippen LogP contribution in [0.5, 0.6) is 0 Å². The first-order chi connectivity index (χ1) is 7.59. The predicted octanol–water partition coefficient (Wildman–Crippen LogP) is 2.26. The minimum Gasteiger partial charge on any atom is -0.475 e. The van der Waals surface area contributed by atoms with E-state index in [9.17, 15) is 9.59 Å². The van der Waals surface area contributed by atoms with Crippen LogP contribution in [0.1, 0.15) is 23.0 Å². The number of carboxylic acids is 1. The lowest BCUT2D eigenvalue weighted by atomic mass is 10.1.